The first-order chi connectivity index (χ1) is 18.2. The van der Waals surface area contributed by atoms with E-state index in [4.69, 9.17) is 19.0 Å². The van der Waals surface area contributed by atoms with Gasteiger partial charge in [-0.25, -0.2) is 18.0 Å². The number of carbonyl (C=O) groups excluding carboxylic acids is 4. The van der Waals surface area contributed by atoms with Crippen molar-refractivity contribution in [3.8, 4) is 0 Å². The minimum atomic E-state index is -5.25. The first-order valence-corrected chi connectivity index (χ1v) is 15.5. The number of sulfonamides is 1. The van der Waals surface area contributed by atoms with Gasteiger partial charge in [0.15, 0.2) is 9.84 Å². The van der Waals surface area contributed by atoms with Crippen LogP contribution in [-0.4, -0.2) is 86.5 Å². The molecule has 0 saturated carbocycles. The lowest BCUT2D eigenvalue weighted by atomic mass is 10.2. The zero-order chi connectivity index (χ0) is 32.2. The molecule has 0 radical (unpaired) electrons. The van der Waals surface area contributed by atoms with Gasteiger partial charge in [0.05, 0.1) is 4.90 Å². The lowest BCUT2D eigenvalue weighted by molar-refractivity contribution is -0.159. The zero-order valence-electron chi connectivity index (χ0n) is 24.8. The maximum atomic E-state index is 13.6. The van der Waals surface area contributed by atoms with Gasteiger partial charge in [0.25, 0.3) is 0 Å². The number of amides is 2. The molecule has 1 aromatic carbocycles. The van der Waals surface area contributed by atoms with Crippen LogP contribution in [0.1, 0.15) is 62.3 Å². The molecule has 0 saturated heterocycles. The highest BCUT2D eigenvalue weighted by molar-refractivity contribution is 7.93. The average Bonchev–Trinajstić information content (AvgIpc) is 2.72. The van der Waals surface area contributed by atoms with Crippen LogP contribution in [-0.2, 0) is 48.5 Å². The van der Waals surface area contributed by atoms with E-state index in [0.29, 0.717) is 4.90 Å². The second-order valence-electron chi connectivity index (χ2n) is 11.8. The molecule has 14 nitrogen and oxygen atoms in total. The van der Waals surface area contributed by atoms with Gasteiger partial charge in [-0.15, -0.1) is 0 Å². The maximum Gasteiger partial charge on any atom is 0.459 e. The Labute approximate surface area is 240 Å². The Morgan fingerprint density at radius 2 is 1.05 bits per heavy atom. The number of rotatable bonds is 7. The van der Waals surface area contributed by atoms with E-state index in [1.165, 1.54) is 32.9 Å². The molecule has 1 aromatic rings. The third-order valence-electron chi connectivity index (χ3n) is 4.19. The van der Waals surface area contributed by atoms with Crippen molar-refractivity contribution in [1.82, 2.24) is 9.37 Å². The monoisotopic (exact) mass is 622 g/mol. The summed E-state index contributed by atoms with van der Waals surface area (Å²) >= 11 is 0. The summed E-state index contributed by atoms with van der Waals surface area (Å²) in [5, 5.41) is 0. The summed E-state index contributed by atoms with van der Waals surface area (Å²) < 4.78 is 66.8. The van der Waals surface area contributed by atoms with Crippen LogP contribution in [0, 0.1) is 0 Å². The highest BCUT2D eigenvalue weighted by Crippen LogP contribution is 2.26. The van der Waals surface area contributed by atoms with Crippen LogP contribution >= 0.6 is 0 Å². The smallest absolute Gasteiger partial charge is 0.459 e. The summed E-state index contributed by atoms with van der Waals surface area (Å²) in [7, 11) is -9.41. The third kappa shape index (κ3) is 11.9. The number of ether oxygens (including phenoxy) is 3. The lowest BCUT2D eigenvalue weighted by Gasteiger charge is -2.29. The molecule has 0 aliphatic rings. The molecule has 0 fully saturated rings. The Morgan fingerprint density at radius 1 is 0.659 bits per heavy atom. The van der Waals surface area contributed by atoms with Gasteiger partial charge in [0.1, 0.15) is 34.8 Å². The molecule has 16 heteroatoms. The lowest BCUT2D eigenvalue weighted by Crippen LogP contribution is -2.48. The van der Waals surface area contributed by atoms with Crippen molar-refractivity contribution in [2.24, 2.45) is 0 Å². The Bertz CT molecular complexity index is 1340. The van der Waals surface area contributed by atoms with Gasteiger partial charge < -0.3 is 14.2 Å². The van der Waals surface area contributed by atoms with E-state index in [0.717, 1.165) is 18.4 Å². The standard InChI is InChI=1S/C25H38N2O12S2/c1-23(2,3)36-19(28)15-26(16-20(29)37-24(4,5)6)21(30)39-27(22(31)38-25(7,8)9)41(34,35)18-14-12-11-13-17(18)40(10,32)33/h11-14H,15-16H2,1-10H3. The molecule has 2 amide bonds. The van der Waals surface area contributed by atoms with Gasteiger partial charge in [-0.2, -0.15) is 8.42 Å². The fourth-order valence-electron chi connectivity index (χ4n) is 2.92. The van der Waals surface area contributed by atoms with Crippen LogP contribution < -0.4 is 0 Å². The molecule has 0 aliphatic carbocycles. The predicted octanol–water partition coefficient (Wildman–Crippen LogP) is 3.05. The van der Waals surface area contributed by atoms with Gasteiger partial charge in [-0.3, -0.25) is 19.3 Å². The van der Waals surface area contributed by atoms with Crippen LogP contribution in [0.4, 0.5) is 9.59 Å². The van der Waals surface area contributed by atoms with Crippen molar-refractivity contribution in [2.75, 3.05) is 19.3 Å². The van der Waals surface area contributed by atoms with Crippen molar-refractivity contribution in [2.45, 2.75) is 88.9 Å². The normalized spacial score (nSPS) is 12.6. The zero-order valence-corrected chi connectivity index (χ0v) is 26.5. The van der Waals surface area contributed by atoms with Crippen molar-refractivity contribution < 1.29 is 55.1 Å². The molecule has 0 N–H and O–H groups in total. The Morgan fingerprint density at radius 3 is 1.41 bits per heavy atom. The predicted molar refractivity (Wildman–Crippen MR) is 145 cm³/mol. The summed E-state index contributed by atoms with van der Waals surface area (Å²) in [6.45, 7) is 11.7. The molecule has 0 aromatic heterocycles. The molecule has 232 valence electrons. The van der Waals surface area contributed by atoms with Gasteiger partial charge in [-0.05, 0) is 78.9 Å². The quantitative estimate of drug-likeness (QED) is 0.247. The molecule has 0 bridgehead atoms. The molecule has 0 heterocycles. The molecule has 1 rings (SSSR count). The number of nitrogens with zero attached hydrogens (tertiary/aromatic N) is 2. The van der Waals surface area contributed by atoms with E-state index < -0.39 is 88.1 Å². The minimum Gasteiger partial charge on any atom is -0.459 e. The summed E-state index contributed by atoms with van der Waals surface area (Å²) in [6, 6.07) is 4.31. The largest absolute Gasteiger partial charge is 0.459 e. The molecule has 0 atom stereocenters. The van der Waals surface area contributed by atoms with Gasteiger partial charge in [0, 0.05) is 6.26 Å². The van der Waals surface area contributed by atoms with E-state index in [1.807, 2.05) is 0 Å². The highest BCUT2D eigenvalue weighted by Gasteiger charge is 2.41. The van der Waals surface area contributed by atoms with Gasteiger partial charge >= 0.3 is 34.1 Å². The molecule has 0 unspecified atom stereocenters. The van der Waals surface area contributed by atoms with Crippen molar-refractivity contribution >= 4 is 44.0 Å². The molecule has 0 spiro atoms. The van der Waals surface area contributed by atoms with Crippen LogP contribution in [0.15, 0.2) is 34.1 Å². The number of esters is 2. The number of hydrogen-bond donors (Lipinski definition) is 0. The first-order valence-electron chi connectivity index (χ1n) is 12.2. The van der Waals surface area contributed by atoms with Crippen molar-refractivity contribution in [1.29, 1.82) is 0 Å². The van der Waals surface area contributed by atoms with Crippen LogP contribution in [0.25, 0.3) is 0 Å². The summed E-state index contributed by atoms with van der Waals surface area (Å²) in [4.78, 5) is 55.1. The van der Waals surface area contributed by atoms with E-state index >= 15 is 0 Å². The average molecular weight is 623 g/mol. The van der Waals surface area contributed by atoms with Crippen molar-refractivity contribution in [3.63, 3.8) is 0 Å². The van der Waals surface area contributed by atoms with Gasteiger partial charge in [0.2, 0.25) is 0 Å². The Kier molecular flexibility index (Phi) is 11.0. The second-order valence-corrected chi connectivity index (χ2v) is 15.5. The fraction of sp³-hybridized carbons (Fsp3) is 0.600. The Hall–Kier alpha value is -3.40. The molecule has 41 heavy (non-hydrogen) atoms. The van der Waals surface area contributed by atoms with Crippen LogP contribution in [0.5, 0.6) is 0 Å². The topological polar surface area (TPSA) is 180 Å². The number of carbonyl (C=O) groups is 4. The van der Waals surface area contributed by atoms with E-state index in [9.17, 15) is 36.0 Å². The molecular formula is C25H38N2O12S2. The number of sulfone groups is 1. The Balaban J connectivity index is 3.62. The summed E-state index contributed by atoms with van der Waals surface area (Å²) in [5.74, 6) is -1.99. The minimum absolute atomic E-state index is 0.443. The summed E-state index contributed by atoms with van der Waals surface area (Å²) in [6.07, 6.45) is -2.62. The van der Waals surface area contributed by atoms with E-state index in [-0.39, 0.29) is 0 Å². The molecular weight excluding hydrogens is 584 g/mol. The van der Waals surface area contributed by atoms with E-state index in [1.54, 1.807) is 41.5 Å². The van der Waals surface area contributed by atoms with Crippen molar-refractivity contribution in [3.05, 3.63) is 24.3 Å². The molecule has 0 aliphatic heterocycles. The van der Waals surface area contributed by atoms with Crippen LogP contribution in [0.2, 0.25) is 0 Å². The first kappa shape index (κ1) is 35.6. The summed E-state index contributed by atoms with van der Waals surface area (Å²) in [5.41, 5.74) is -3.26. The maximum absolute atomic E-state index is 13.6. The fourth-order valence-corrected chi connectivity index (χ4v) is 5.59. The number of hydroxylamine groups is 1. The number of benzene rings is 1. The van der Waals surface area contributed by atoms with Crippen LogP contribution in [0.3, 0.4) is 0 Å². The highest BCUT2D eigenvalue weighted by atomic mass is 32.2. The van der Waals surface area contributed by atoms with E-state index in [2.05, 4.69) is 0 Å². The second kappa shape index (κ2) is 12.6. The van der Waals surface area contributed by atoms with Gasteiger partial charge in [-0.1, -0.05) is 12.1 Å². The third-order valence-corrected chi connectivity index (χ3v) is 7.04. The number of hydrogen-bond acceptors (Lipinski definition) is 12. The SMILES string of the molecule is CC(C)(C)OC(=O)CN(CC(=O)OC(C)(C)C)C(=O)ON(C(=O)OC(C)(C)C)S(=O)(=O)c1ccccc1S(C)(=O)=O.